The second kappa shape index (κ2) is 9.28. The highest BCUT2D eigenvalue weighted by atomic mass is 32.2. The Morgan fingerprint density at radius 3 is 2.48 bits per heavy atom. The molecule has 1 aromatic rings. The molecule has 0 saturated carbocycles. The van der Waals surface area contributed by atoms with Gasteiger partial charge in [0.25, 0.3) is 0 Å². The second-order valence-corrected chi connectivity index (χ2v) is 10.8. The molecule has 1 atom stereocenters. The van der Waals surface area contributed by atoms with Gasteiger partial charge < -0.3 is 9.64 Å². The molecule has 2 heterocycles. The van der Waals surface area contributed by atoms with E-state index >= 15 is 0 Å². The van der Waals surface area contributed by atoms with Gasteiger partial charge in [-0.15, -0.1) is 0 Å². The summed E-state index contributed by atoms with van der Waals surface area (Å²) in [7, 11) is -3.54. The number of hydrogen-bond acceptors (Lipinski definition) is 5. The number of aryl methyl sites for hydroxylation is 2. The minimum absolute atomic E-state index is 0.0450. The van der Waals surface area contributed by atoms with Crippen molar-refractivity contribution in [2.75, 3.05) is 32.8 Å². The van der Waals surface area contributed by atoms with Crippen molar-refractivity contribution < 1.29 is 22.7 Å². The van der Waals surface area contributed by atoms with Crippen molar-refractivity contribution in [1.29, 1.82) is 0 Å². The van der Waals surface area contributed by atoms with Gasteiger partial charge in [-0.2, -0.15) is 4.31 Å². The number of hydrogen-bond donors (Lipinski definition) is 0. The van der Waals surface area contributed by atoms with Crippen molar-refractivity contribution in [1.82, 2.24) is 9.21 Å². The monoisotopic (exact) mass is 448 g/mol. The largest absolute Gasteiger partial charge is 0.466 e. The molecule has 1 amide bonds. The molecule has 2 saturated heterocycles. The number of esters is 1. The summed E-state index contributed by atoms with van der Waals surface area (Å²) < 4.78 is 32.9. The van der Waals surface area contributed by atoms with E-state index in [0.29, 0.717) is 50.5 Å². The number of piperidine rings is 2. The van der Waals surface area contributed by atoms with E-state index in [1.807, 2.05) is 12.1 Å². The molecule has 1 aromatic carbocycles. The lowest BCUT2D eigenvalue weighted by atomic mass is 9.93. The summed E-state index contributed by atoms with van der Waals surface area (Å²) in [6, 6.07) is 5.50. The summed E-state index contributed by atoms with van der Waals surface area (Å²) in [4.78, 5) is 27.3. The number of benzene rings is 1. The maximum absolute atomic E-state index is 13.1. The lowest BCUT2D eigenvalue weighted by Gasteiger charge is -2.37. The summed E-state index contributed by atoms with van der Waals surface area (Å²) in [5.74, 6) is -0.621. The van der Waals surface area contributed by atoms with Crippen molar-refractivity contribution in [3.8, 4) is 0 Å². The Morgan fingerprint density at radius 1 is 1.00 bits per heavy atom. The molecule has 0 unspecified atom stereocenters. The van der Waals surface area contributed by atoms with Crippen molar-refractivity contribution >= 4 is 21.9 Å². The smallest absolute Gasteiger partial charge is 0.310 e. The predicted molar refractivity (Wildman–Crippen MR) is 116 cm³/mol. The molecule has 4 rings (SSSR count). The average Bonchev–Trinajstić information content (AvgIpc) is 3.27. The van der Waals surface area contributed by atoms with Gasteiger partial charge in [0.1, 0.15) is 0 Å². The maximum Gasteiger partial charge on any atom is 0.310 e. The van der Waals surface area contributed by atoms with Crippen LogP contribution in [0.15, 0.2) is 23.1 Å². The molecule has 0 aromatic heterocycles. The van der Waals surface area contributed by atoms with Crippen LogP contribution in [-0.4, -0.2) is 62.3 Å². The molecule has 31 heavy (non-hydrogen) atoms. The fourth-order valence-corrected chi connectivity index (χ4v) is 6.61. The van der Waals surface area contributed by atoms with Crippen LogP contribution in [0.2, 0.25) is 0 Å². The Morgan fingerprint density at radius 2 is 1.74 bits per heavy atom. The Balaban J connectivity index is 1.36. The highest BCUT2D eigenvalue weighted by Gasteiger charge is 2.36. The number of sulfonamides is 1. The van der Waals surface area contributed by atoms with E-state index in [-0.39, 0.29) is 23.7 Å². The van der Waals surface area contributed by atoms with Gasteiger partial charge in [-0.1, -0.05) is 6.07 Å². The normalized spacial score (nSPS) is 22.9. The van der Waals surface area contributed by atoms with E-state index in [1.54, 1.807) is 17.9 Å². The van der Waals surface area contributed by atoms with Gasteiger partial charge in [0.2, 0.25) is 15.9 Å². The number of fused-ring (bicyclic) bond motifs is 1. The SMILES string of the molecule is CCOC(=O)[C@@H]1CCCN(C(=O)C2CCN(S(=O)(=O)c3ccc4c(c3)CCC4)CC2)C1. The minimum Gasteiger partial charge on any atom is -0.466 e. The summed E-state index contributed by atoms with van der Waals surface area (Å²) >= 11 is 0. The van der Waals surface area contributed by atoms with Gasteiger partial charge >= 0.3 is 5.97 Å². The van der Waals surface area contributed by atoms with Crippen LogP contribution in [0, 0.1) is 11.8 Å². The van der Waals surface area contributed by atoms with Crippen molar-refractivity contribution in [2.24, 2.45) is 11.8 Å². The molecular weight excluding hydrogens is 416 g/mol. The van der Waals surface area contributed by atoms with Gasteiger partial charge in [-0.25, -0.2) is 8.42 Å². The van der Waals surface area contributed by atoms with Gasteiger partial charge in [-0.05, 0) is 75.1 Å². The third kappa shape index (κ3) is 4.65. The summed E-state index contributed by atoms with van der Waals surface area (Å²) in [6.45, 7) is 3.90. The van der Waals surface area contributed by atoms with Gasteiger partial charge in [-0.3, -0.25) is 9.59 Å². The Bertz CT molecular complexity index is 937. The molecule has 2 aliphatic heterocycles. The third-order valence-electron chi connectivity index (χ3n) is 6.86. The van der Waals surface area contributed by atoms with Gasteiger partial charge in [0.15, 0.2) is 0 Å². The Kier molecular flexibility index (Phi) is 6.67. The van der Waals surface area contributed by atoms with E-state index in [0.717, 1.165) is 37.7 Å². The molecule has 3 aliphatic rings. The molecule has 0 bridgehead atoms. The summed E-state index contributed by atoms with van der Waals surface area (Å²) in [5.41, 5.74) is 2.40. The van der Waals surface area contributed by atoms with Crippen LogP contribution < -0.4 is 0 Å². The van der Waals surface area contributed by atoms with Crippen molar-refractivity contribution in [3.05, 3.63) is 29.3 Å². The van der Waals surface area contributed by atoms with Gasteiger partial charge in [0, 0.05) is 32.1 Å². The van der Waals surface area contributed by atoms with Crippen LogP contribution in [0.5, 0.6) is 0 Å². The molecule has 8 heteroatoms. The fraction of sp³-hybridized carbons (Fsp3) is 0.652. The van der Waals surface area contributed by atoms with E-state index in [4.69, 9.17) is 4.74 Å². The third-order valence-corrected chi connectivity index (χ3v) is 8.76. The van der Waals surface area contributed by atoms with Gasteiger partial charge in [0.05, 0.1) is 17.4 Å². The number of ether oxygens (including phenoxy) is 1. The molecule has 7 nitrogen and oxygen atoms in total. The average molecular weight is 449 g/mol. The van der Waals surface area contributed by atoms with Crippen LogP contribution >= 0.6 is 0 Å². The number of rotatable bonds is 5. The molecular formula is C23H32N2O5S. The first-order valence-corrected chi connectivity index (χ1v) is 12.9. The fourth-order valence-electron chi connectivity index (χ4n) is 5.09. The van der Waals surface area contributed by atoms with Crippen LogP contribution in [0.3, 0.4) is 0 Å². The zero-order valence-corrected chi connectivity index (χ0v) is 19.0. The highest BCUT2D eigenvalue weighted by molar-refractivity contribution is 7.89. The molecule has 170 valence electrons. The molecule has 0 spiro atoms. The number of carbonyl (C=O) groups is 2. The van der Waals surface area contributed by atoms with Crippen LogP contribution in [0.25, 0.3) is 0 Å². The van der Waals surface area contributed by atoms with E-state index in [2.05, 4.69) is 0 Å². The van der Waals surface area contributed by atoms with Crippen molar-refractivity contribution in [2.45, 2.75) is 56.8 Å². The van der Waals surface area contributed by atoms with E-state index in [1.165, 1.54) is 9.87 Å². The lowest BCUT2D eigenvalue weighted by Crippen LogP contribution is -2.48. The second-order valence-electron chi connectivity index (χ2n) is 8.84. The quantitative estimate of drug-likeness (QED) is 0.646. The number of amides is 1. The summed E-state index contributed by atoms with van der Waals surface area (Å²) in [6.07, 6.45) is 5.63. The number of likely N-dealkylation sites (tertiary alicyclic amines) is 1. The zero-order chi connectivity index (χ0) is 22.0. The summed E-state index contributed by atoms with van der Waals surface area (Å²) in [5, 5.41) is 0. The molecule has 2 fully saturated rings. The van der Waals surface area contributed by atoms with E-state index < -0.39 is 10.0 Å². The van der Waals surface area contributed by atoms with Crippen LogP contribution in [0.4, 0.5) is 0 Å². The topological polar surface area (TPSA) is 84.0 Å². The van der Waals surface area contributed by atoms with Crippen LogP contribution in [-0.2, 0) is 37.2 Å². The minimum atomic E-state index is -3.54. The number of nitrogens with zero attached hydrogens (tertiary/aromatic N) is 2. The number of carbonyl (C=O) groups excluding carboxylic acids is 2. The predicted octanol–water partition coefficient (Wildman–Crippen LogP) is 2.38. The maximum atomic E-state index is 13.1. The van der Waals surface area contributed by atoms with Crippen LogP contribution in [0.1, 0.15) is 50.2 Å². The molecule has 1 aliphatic carbocycles. The zero-order valence-electron chi connectivity index (χ0n) is 18.2. The first-order chi connectivity index (χ1) is 14.9. The molecule has 0 radical (unpaired) electrons. The van der Waals surface area contributed by atoms with Crippen molar-refractivity contribution in [3.63, 3.8) is 0 Å². The lowest BCUT2D eigenvalue weighted by molar-refractivity contribution is -0.152. The molecule has 0 N–H and O–H groups in total. The first-order valence-electron chi connectivity index (χ1n) is 11.5. The standard InChI is InChI=1S/C23H32N2O5S/c1-2-30-23(27)20-7-4-12-24(16-20)22(26)18-10-13-25(14-11-18)31(28,29)21-9-8-17-5-3-6-19(17)15-21/h8-9,15,18,20H,2-7,10-14,16H2,1H3/t20-/m1/s1. The van der Waals surface area contributed by atoms with E-state index in [9.17, 15) is 18.0 Å². The Hall–Kier alpha value is -1.93. The Labute approximate surface area is 184 Å². The first kappa shape index (κ1) is 22.3. The highest BCUT2D eigenvalue weighted by Crippen LogP contribution is 2.30.